The van der Waals surface area contributed by atoms with Gasteiger partial charge in [0.15, 0.2) is 0 Å². The topological polar surface area (TPSA) is 82.5 Å². The van der Waals surface area contributed by atoms with Crippen molar-refractivity contribution < 1.29 is 27.4 Å². The lowest BCUT2D eigenvalue weighted by molar-refractivity contribution is -0.274. The number of thioether (sulfide) groups is 1. The number of amides is 1. The van der Waals surface area contributed by atoms with E-state index in [1.54, 1.807) is 4.57 Å². The highest BCUT2D eigenvalue weighted by atomic mass is 32.2. The number of ether oxygens (including phenoxy) is 2. The minimum Gasteiger partial charge on any atom is -0.406 e. The molecule has 2 aromatic rings. The first-order chi connectivity index (χ1) is 15.8. The molecule has 1 atom stereocenters. The summed E-state index contributed by atoms with van der Waals surface area (Å²) < 4.78 is 48.0. The monoisotopic (exact) mass is 483 g/mol. The highest BCUT2D eigenvalue weighted by molar-refractivity contribution is 8.00. The van der Waals surface area contributed by atoms with Crippen LogP contribution in [0.1, 0.15) is 36.9 Å². The highest BCUT2D eigenvalue weighted by Gasteiger charge is 2.31. The Labute approximate surface area is 192 Å². The molecule has 1 N–H and O–H groups in total. The van der Waals surface area contributed by atoms with Crippen LogP contribution in [-0.4, -0.2) is 40.3 Å². The van der Waals surface area contributed by atoms with Crippen molar-refractivity contribution in [3.05, 3.63) is 46.0 Å². The Bertz CT molecular complexity index is 1050. The summed E-state index contributed by atoms with van der Waals surface area (Å²) in [5, 5.41) is 3.20. The summed E-state index contributed by atoms with van der Waals surface area (Å²) in [4.78, 5) is 29.4. The molecule has 0 spiro atoms. The van der Waals surface area contributed by atoms with E-state index in [-0.39, 0.29) is 29.2 Å². The van der Waals surface area contributed by atoms with Gasteiger partial charge in [0.05, 0.1) is 18.4 Å². The second-order valence-corrected chi connectivity index (χ2v) is 8.95. The fraction of sp³-hybridized carbons (Fsp3) is 0.500. The summed E-state index contributed by atoms with van der Waals surface area (Å²) in [5.74, 6) is -0.691. The van der Waals surface area contributed by atoms with E-state index in [0.29, 0.717) is 17.3 Å². The van der Waals surface area contributed by atoms with Crippen molar-refractivity contribution in [1.29, 1.82) is 0 Å². The molecule has 1 aromatic heterocycles. The number of fused-ring (bicyclic) bond motifs is 1. The van der Waals surface area contributed by atoms with Crippen LogP contribution in [-0.2, 0) is 28.9 Å². The Morgan fingerprint density at radius 3 is 2.67 bits per heavy atom. The third kappa shape index (κ3) is 6.29. The number of alkyl halides is 3. The first-order valence-electron chi connectivity index (χ1n) is 10.8. The van der Waals surface area contributed by atoms with E-state index >= 15 is 0 Å². The van der Waals surface area contributed by atoms with E-state index in [0.717, 1.165) is 68.5 Å². The molecule has 11 heteroatoms. The van der Waals surface area contributed by atoms with Gasteiger partial charge < -0.3 is 14.8 Å². The van der Waals surface area contributed by atoms with Crippen LogP contribution < -0.4 is 15.7 Å². The second kappa shape index (κ2) is 10.2. The van der Waals surface area contributed by atoms with E-state index in [1.807, 2.05) is 0 Å². The average Bonchev–Trinajstić information content (AvgIpc) is 3.28. The number of anilines is 1. The lowest BCUT2D eigenvalue weighted by atomic mass is 9.97. The number of carbonyl (C=O) groups excluding carboxylic acids is 1. The van der Waals surface area contributed by atoms with Crippen LogP contribution in [0.5, 0.6) is 5.75 Å². The number of nitrogens with one attached hydrogen (secondary N) is 1. The Morgan fingerprint density at radius 2 is 1.97 bits per heavy atom. The van der Waals surface area contributed by atoms with Crippen LogP contribution in [0.3, 0.4) is 0 Å². The number of rotatable bonds is 7. The highest BCUT2D eigenvalue weighted by Crippen LogP contribution is 2.29. The molecule has 1 saturated heterocycles. The third-order valence-electron chi connectivity index (χ3n) is 5.57. The maximum Gasteiger partial charge on any atom is 0.573 e. The maximum absolute atomic E-state index is 12.8. The van der Waals surface area contributed by atoms with Gasteiger partial charge in [-0.05, 0) is 62.8 Å². The number of hydrogen-bond acceptors (Lipinski definition) is 6. The summed E-state index contributed by atoms with van der Waals surface area (Å²) in [6, 6.07) is 4.91. The van der Waals surface area contributed by atoms with Crippen molar-refractivity contribution in [3.8, 4) is 5.75 Å². The van der Waals surface area contributed by atoms with E-state index in [9.17, 15) is 22.8 Å². The second-order valence-electron chi connectivity index (χ2n) is 7.99. The zero-order valence-electron chi connectivity index (χ0n) is 17.8. The molecule has 1 aliphatic carbocycles. The normalized spacial score (nSPS) is 18.1. The predicted octanol–water partition coefficient (Wildman–Crippen LogP) is 3.93. The molecule has 33 heavy (non-hydrogen) atoms. The molecule has 1 fully saturated rings. The first kappa shape index (κ1) is 23.6. The molecule has 7 nitrogen and oxygen atoms in total. The number of aromatic nitrogens is 2. The van der Waals surface area contributed by atoms with Crippen LogP contribution >= 0.6 is 11.8 Å². The molecule has 178 valence electrons. The molecule has 2 heterocycles. The van der Waals surface area contributed by atoms with Gasteiger partial charge in [0.1, 0.15) is 10.8 Å². The smallest absolute Gasteiger partial charge is 0.406 e. The number of hydrogen-bond donors (Lipinski definition) is 1. The Balaban J connectivity index is 1.41. The molecule has 1 amide bonds. The standard InChI is InChI=1S/C22H24F3N3O4S/c23-22(24,25)32-15-9-7-14(8-10-15)26-19(29)13-33-20-17-5-1-2-6-18(17)28(21(30)27-20)12-16-4-3-11-31-16/h7-10,16H,1-6,11-13H2,(H,26,29). The van der Waals surface area contributed by atoms with Gasteiger partial charge in [-0.1, -0.05) is 11.8 Å². The van der Waals surface area contributed by atoms with Crippen LogP contribution in [0.15, 0.2) is 34.1 Å². The minimum atomic E-state index is -4.77. The SMILES string of the molecule is O=C(CSc1nc(=O)n(CC2CCCO2)c2c1CCCC2)Nc1ccc(OC(F)(F)F)cc1. The molecule has 0 saturated carbocycles. The summed E-state index contributed by atoms with van der Waals surface area (Å²) >= 11 is 1.20. The van der Waals surface area contributed by atoms with Crippen LogP contribution in [0.4, 0.5) is 18.9 Å². The van der Waals surface area contributed by atoms with Gasteiger partial charge in [0, 0.05) is 23.6 Å². The molecule has 2 aliphatic rings. The number of nitrogens with zero attached hydrogens (tertiary/aromatic N) is 2. The molecule has 1 aromatic carbocycles. The van der Waals surface area contributed by atoms with Crippen molar-refractivity contribution in [1.82, 2.24) is 9.55 Å². The van der Waals surface area contributed by atoms with Gasteiger partial charge in [-0.25, -0.2) is 4.79 Å². The van der Waals surface area contributed by atoms with Crippen LogP contribution in [0.25, 0.3) is 0 Å². The molecule has 4 rings (SSSR count). The molecule has 0 radical (unpaired) electrons. The fourth-order valence-electron chi connectivity index (χ4n) is 4.12. The first-order valence-corrected chi connectivity index (χ1v) is 11.8. The quantitative estimate of drug-likeness (QED) is 0.475. The molecule has 0 bridgehead atoms. The van der Waals surface area contributed by atoms with E-state index in [2.05, 4.69) is 15.0 Å². The van der Waals surface area contributed by atoms with Crippen molar-refractivity contribution in [3.63, 3.8) is 0 Å². The van der Waals surface area contributed by atoms with Crippen molar-refractivity contribution in [2.24, 2.45) is 0 Å². The van der Waals surface area contributed by atoms with Gasteiger partial charge in [-0.2, -0.15) is 4.98 Å². The molecule has 1 aliphatic heterocycles. The van der Waals surface area contributed by atoms with Gasteiger partial charge in [-0.3, -0.25) is 9.36 Å². The van der Waals surface area contributed by atoms with Crippen LogP contribution in [0, 0.1) is 0 Å². The number of halogens is 3. The molecular formula is C22H24F3N3O4S. The summed E-state index contributed by atoms with van der Waals surface area (Å²) in [5.41, 5.74) is 2.02. The number of benzene rings is 1. The summed E-state index contributed by atoms with van der Waals surface area (Å²) in [6.07, 6.45) is 0.792. The average molecular weight is 484 g/mol. The van der Waals surface area contributed by atoms with E-state index in [4.69, 9.17) is 4.74 Å². The molecular weight excluding hydrogens is 459 g/mol. The number of carbonyl (C=O) groups is 1. The Morgan fingerprint density at radius 1 is 1.21 bits per heavy atom. The molecule has 1 unspecified atom stereocenters. The maximum atomic E-state index is 12.8. The van der Waals surface area contributed by atoms with Gasteiger partial charge >= 0.3 is 12.1 Å². The lowest BCUT2D eigenvalue weighted by Gasteiger charge is -2.24. The zero-order valence-corrected chi connectivity index (χ0v) is 18.6. The third-order valence-corrected chi connectivity index (χ3v) is 6.59. The van der Waals surface area contributed by atoms with E-state index in [1.165, 1.54) is 23.9 Å². The van der Waals surface area contributed by atoms with E-state index < -0.39 is 6.36 Å². The zero-order chi connectivity index (χ0) is 23.4. The lowest BCUT2D eigenvalue weighted by Crippen LogP contribution is -2.34. The summed E-state index contributed by atoms with van der Waals surface area (Å²) in [7, 11) is 0. The van der Waals surface area contributed by atoms with Crippen molar-refractivity contribution >= 4 is 23.4 Å². The van der Waals surface area contributed by atoms with Crippen molar-refractivity contribution in [2.45, 2.75) is 62.6 Å². The van der Waals surface area contributed by atoms with Crippen LogP contribution in [0.2, 0.25) is 0 Å². The predicted molar refractivity (Wildman–Crippen MR) is 117 cm³/mol. The minimum absolute atomic E-state index is 0.0232. The largest absolute Gasteiger partial charge is 0.573 e. The Kier molecular flexibility index (Phi) is 7.28. The fourth-order valence-corrected chi connectivity index (χ4v) is 5.00. The van der Waals surface area contributed by atoms with Gasteiger partial charge in [0.2, 0.25) is 5.91 Å². The summed E-state index contributed by atoms with van der Waals surface area (Å²) in [6.45, 7) is 1.23. The van der Waals surface area contributed by atoms with Crippen molar-refractivity contribution in [2.75, 3.05) is 17.7 Å². The Hall–Kier alpha value is -2.53. The van der Waals surface area contributed by atoms with Gasteiger partial charge in [-0.15, -0.1) is 13.2 Å². The van der Waals surface area contributed by atoms with Gasteiger partial charge in [0.25, 0.3) is 0 Å².